The zero-order valence-corrected chi connectivity index (χ0v) is 32.2. The molecule has 0 aliphatic carbocycles. The monoisotopic (exact) mass is 821 g/mol. The summed E-state index contributed by atoms with van der Waals surface area (Å²) in [5.74, 6) is 0. The van der Waals surface area contributed by atoms with E-state index in [1.165, 1.54) is 0 Å². The molecule has 0 spiro atoms. The maximum Gasteiger partial charge on any atom is 3.00 e. The molecule has 0 saturated heterocycles. The Morgan fingerprint density at radius 2 is 0.381 bits per heavy atom. The summed E-state index contributed by atoms with van der Waals surface area (Å²) in [5.41, 5.74) is 0. The van der Waals surface area contributed by atoms with Gasteiger partial charge in [0.15, 0.2) is 0 Å². The predicted octanol–water partition coefficient (Wildman–Crippen LogP) is -35.1. The van der Waals surface area contributed by atoms with Gasteiger partial charge in [0, 0.05) is 0 Å². The van der Waals surface area contributed by atoms with Crippen molar-refractivity contribution in [3.63, 3.8) is 0 Å². The third-order valence-electron chi connectivity index (χ3n) is 0.167. The number of rotatable bonds is 2. The fourth-order valence-corrected chi connectivity index (χ4v) is 0.612. The molecule has 0 saturated carbocycles. The summed E-state index contributed by atoms with van der Waals surface area (Å²) in [6.45, 7) is 0. The molecular formula is H60AlCaKNaO36Si2+3. The molecule has 288 valence electrons. The predicted molar refractivity (Wildman–Crippen MR) is 135 cm³/mol. The quantitative estimate of drug-likeness (QED) is 0.244. The van der Waals surface area contributed by atoms with Crippen LogP contribution in [0.25, 0.3) is 0 Å². The zero-order valence-electron chi connectivity index (χ0n) is 21.7. The van der Waals surface area contributed by atoms with Crippen LogP contribution in [-0.2, 0) is 18.5 Å². The Kier molecular flexibility index (Phi) is 23300. The van der Waals surface area contributed by atoms with Crippen molar-refractivity contribution in [2.45, 2.75) is 0 Å². The molecule has 0 atom stereocenters. The van der Waals surface area contributed by atoms with Crippen molar-refractivity contribution < 1.29 is 273 Å². The molecular weight excluding hydrogens is 761 g/mol. The Balaban J connectivity index is -0.000000000303. The van der Waals surface area contributed by atoms with E-state index in [2.05, 4.69) is 4.12 Å². The van der Waals surface area contributed by atoms with Gasteiger partial charge in [-0.25, -0.2) is 0 Å². The molecule has 42 heavy (non-hydrogen) atoms. The van der Waals surface area contributed by atoms with Crippen LogP contribution >= 0.6 is 0 Å². The second-order valence-corrected chi connectivity index (χ2v) is 2.42. The number of hydrogen-bond acceptors (Lipinski definition) is 5. The van der Waals surface area contributed by atoms with E-state index < -0.39 is 18.3 Å². The Hall–Kier alpha value is 2.62. The minimum atomic E-state index is -3.51. The average molecular weight is 822 g/mol. The first-order chi connectivity index (χ1) is 3.13. The van der Waals surface area contributed by atoms with Gasteiger partial charge in [0.05, 0.1) is 0 Å². The van der Waals surface area contributed by atoms with Gasteiger partial charge in [0.25, 0.3) is 0 Å². The van der Waals surface area contributed by atoms with Crippen LogP contribution in [-0.4, -0.2) is 238 Å². The van der Waals surface area contributed by atoms with E-state index in [0.717, 1.165) is 0 Å². The summed E-state index contributed by atoms with van der Waals surface area (Å²) in [5, 5.41) is 0. The van der Waals surface area contributed by atoms with Gasteiger partial charge >= 0.3 is 154 Å². The first-order valence-electron chi connectivity index (χ1n) is 1.22. The molecule has 0 radical (unpaired) electrons. The maximum absolute atomic E-state index is 9.29. The van der Waals surface area contributed by atoms with Crippen molar-refractivity contribution in [1.29, 1.82) is 0 Å². The topological polar surface area (TPSA) is 1060 Å². The van der Waals surface area contributed by atoms with Crippen LogP contribution in [0.3, 0.4) is 0 Å². The van der Waals surface area contributed by atoms with Gasteiger partial charge in [-0.05, 0) is 0 Å². The fraction of sp³-hybridized carbons (Fsp3) is 0. The smallest absolute Gasteiger partial charge is 2.00 e. The second kappa shape index (κ2) is 856. The molecule has 0 rings (SSSR count). The van der Waals surface area contributed by atoms with Crippen molar-refractivity contribution >= 4 is 73.4 Å². The SMILES string of the molecule is O.O.O.O.O.O.O.O.O.O.O.O.O.O.O.O.O.O.O.O.O.O.O.O.O.O.O.O.O.O.O=[Si]([O-])O[Si](=O)[O-].[Al+3].[Ca+2].[K+].[Na+].[O-2]. The van der Waals surface area contributed by atoms with Gasteiger partial charge in [-0.3, -0.25) is 0 Å². The van der Waals surface area contributed by atoms with E-state index in [1.807, 2.05) is 0 Å². The summed E-state index contributed by atoms with van der Waals surface area (Å²) < 4.78 is 21.8. The van der Waals surface area contributed by atoms with Crippen LogP contribution in [0.1, 0.15) is 0 Å². The number of hydrogen-bond donors (Lipinski definition) is 0. The average Bonchev–Trinajstić information content (AvgIpc) is 1.27. The summed E-state index contributed by atoms with van der Waals surface area (Å²) in [7, 11) is -7.03. The summed E-state index contributed by atoms with van der Waals surface area (Å²) in [6, 6.07) is 0. The molecule has 0 amide bonds. The Morgan fingerprint density at radius 3 is 0.381 bits per heavy atom. The van der Waals surface area contributed by atoms with Crippen molar-refractivity contribution in [3.05, 3.63) is 0 Å². The summed E-state index contributed by atoms with van der Waals surface area (Å²) in [4.78, 5) is 18.6. The van der Waals surface area contributed by atoms with Crippen molar-refractivity contribution in [2.24, 2.45) is 0 Å². The molecule has 0 unspecified atom stereocenters. The minimum absolute atomic E-state index is 0. The van der Waals surface area contributed by atoms with Crippen LogP contribution < -0.4 is 90.5 Å². The Morgan fingerprint density at radius 1 is 0.333 bits per heavy atom. The Bertz CT molecular complexity index is 115. The molecule has 0 aliphatic heterocycles. The molecule has 0 heterocycles. The van der Waals surface area contributed by atoms with Crippen molar-refractivity contribution in [2.75, 3.05) is 0 Å². The molecule has 0 aromatic carbocycles. The van der Waals surface area contributed by atoms with Gasteiger partial charge in [-0.2, -0.15) is 0 Å². The normalized spacial score (nSPS) is 1.24. The van der Waals surface area contributed by atoms with Gasteiger partial charge < -0.3 is 192 Å². The third-order valence-corrected chi connectivity index (χ3v) is 1.50. The van der Waals surface area contributed by atoms with Gasteiger partial charge in [-0.15, -0.1) is 0 Å². The molecule has 0 aliphatic rings. The van der Waals surface area contributed by atoms with Crippen LogP contribution in [0, 0.1) is 0 Å². The van der Waals surface area contributed by atoms with E-state index in [9.17, 15) is 18.5 Å². The molecule has 0 aromatic rings. The molecule has 42 heteroatoms. The van der Waals surface area contributed by atoms with Crippen LogP contribution in [0.15, 0.2) is 0 Å². The fourth-order valence-electron chi connectivity index (χ4n) is 0.0680. The van der Waals surface area contributed by atoms with Gasteiger partial charge in [-0.1, -0.05) is 0 Å². The molecule has 0 fully saturated rings. The van der Waals surface area contributed by atoms with Crippen molar-refractivity contribution in [1.82, 2.24) is 0 Å². The zero-order chi connectivity index (χ0) is 5.86. The standard InChI is InChI=1S/Al.Ca.K.Na.O5Si2.30H2O.O/c;;;;1-6(2)5-7(3)4;;;;;;;;;;;;;;;;;;;;;;;;;;;;;;;/h;;;;;30*1H2;/q+3;+2;2*+1;-2;;;;;;;;;;;;;;;;;;;;;;;;;;;;;;;-2. The summed E-state index contributed by atoms with van der Waals surface area (Å²) >= 11 is 0. The second-order valence-electron chi connectivity index (χ2n) is 0.602. The van der Waals surface area contributed by atoms with Crippen LogP contribution in [0.2, 0.25) is 0 Å². The van der Waals surface area contributed by atoms with Crippen molar-refractivity contribution in [3.8, 4) is 0 Å². The van der Waals surface area contributed by atoms with E-state index in [1.54, 1.807) is 0 Å². The van der Waals surface area contributed by atoms with E-state index in [4.69, 9.17) is 0 Å². The summed E-state index contributed by atoms with van der Waals surface area (Å²) in [6.07, 6.45) is 0. The third kappa shape index (κ3) is 1680. The first-order valence-corrected chi connectivity index (χ1v) is 3.67. The maximum atomic E-state index is 9.29. The first kappa shape index (κ1) is 1140. The van der Waals surface area contributed by atoms with Gasteiger partial charge in [0.2, 0.25) is 0 Å². The van der Waals surface area contributed by atoms with E-state index in [0.29, 0.717) is 0 Å². The molecule has 0 aromatic heterocycles. The largest absolute Gasteiger partial charge is 3.00 e. The van der Waals surface area contributed by atoms with Gasteiger partial charge in [0.1, 0.15) is 0 Å². The molecule has 36 nitrogen and oxygen atoms in total. The molecule has 0 bridgehead atoms. The molecule has 60 N–H and O–H groups in total. The van der Waals surface area contributed by atoms with E-state index >= 15 is 0 Å². The van der Waals surface area contributed by atoms with E-state index in [-0.39, 0.29) is 306 Å². The van der Waals surface area contributed by atoms with Crippen LogP contribution in [0.4, 0.5) is 0 Å². The minimum Gasteiger partial charge on any atom is -2.00 e. The van der Waals surface area contributed by atoms with Crippen LogP contribution in [0.5, 0.6) is 0 Å². The Labute approximate surface area is 342 Å².